The highest BCUT2D eigenvalue weighted by Crippen LogP contribution is 2.13. The predicted molar refractivity (Wildman–Crippen MR) is 62.4 cm³/mol. The second kappa shape index (κ2) is 4.85. The van der Waals surface area contributed by atoms with Gasteiger partial charge in [0.2, 0.25) is 0 Å². The van der Waals surface area contributed by atoms with Crippen LogP contribution < -0.4 is 5.32 Å². The summed E-state index contributed by atoms with van der Waals surface area (Å²) >= 11 is 0. The summed E-state index contributed by atoms with van der Waals surface area (Å²) in [6.07, 6.45) is 0.192. The van der Waals surface area contributed by atoms with Gasteiger partial charge in [0.1, 0.15) is 0 Å². The number of urea groups is 1. The molecule has 0 radical (unpaired) electrons. The van der Waals surface area contributed by atoms with Crippen LogP contribution in [-0.4, -0.2) is 35.2 Å². The normalized spacial score (nSPS) is 18.8. The number of rotatable bonds is 1. The standard InChI is InChI=1S/C12H13N3O2/c13-7-9-2-1-3-10(6-9)14-12(17)15-5-4-11(16)8-15/h1-3,6,11,16H,4-5,8H2,(H,14,17). The van der Waals surface area contributed by atoms with Gasteiger partial charge in [-0.05, 0) is 24.6 Å². The number of nitrogens with one attached hydrogen (secondary N) is 1. The number of likely N-dealkylation sites (tertiary alicyclic amines) is 1. The van der Waals surface area contributed by atoms with Gasteiger partial charge in [0.15, 0.2) is 0 Å². The Kier molecular flexibility index (Phi) is 3.26. The van der Waals surface area contributed by atoms with Gasteiger partial charge in [-0.15, -0.1) is 0 Å². The van der Waals surface area contributed by atoms with Crippen LogP contribution in [-0.2, 0) is 0 Å². The molecule has 1 atom stereocenters. The number of amides is 2. The highest BCUT2D eigenvalue weighted by Gasteiger charge is 2.24. The van der Waals surface area contributed by atoms with E-state index in [4.69, 9.17) is 5.26 Å². The Morgan fingerprint density at radius 3 is 3.06 bits per heavy atom. The van der Waals surface area contributed by atoms with Crippen molar-refractivity contribution in [1.82, 2.24) is 4.90 Å². The van der Waals surface area contributed by atoms with E-state index in [1.54, 1.807) is 29.2 Å². The van der Waals surface area contributed by atoms with E-state index < -0.39 is 6.10 Å². The number of carbonyl (C=O) groups is 1. The summed E-state index contributed by atoms with van der Waals surface area (Å²) in [6, 6.07) is 8.51. The Hall–Kier alpha value is -2.06. The number of hydrogen-bond acceptors (Lipinski definition) is 3. The van der Waals surface area contributed by atoms with Gasteiger partial charge < -0.3 is 15.3 Å². The maximum atomic E-state index is 11.8. The van der Waals surface area contributed by atoms with Crippen molar-refractivity contribution in [3.63, 3.8) is 0 Å². The minimum atomic E-state index is -0.425. The molecule has 1 saturated heterocycles. The smallest absolute Gasteiger partial charge is 0.321 e. The first kappa shape index (κ1) is 11.4. The Bertz CT molecular complexity index is 467. The van der Waals surface area contributed by atoms with E-state index >= 15 is 0 Å². The van der Waals surface area contributed by atoms with E-state index in [1.807, 2.05) is 6.07 Å². The van der Waals surface area contributed by atoms with Gasteiger partial charge in [0, 0.05) is 18.8 Å². The average Bonchev–Trinajstić information content (AvgIpc) is 2.76. The molecule has 1 heterocycles. The van der Waals surface area contributed by atoms with Crippen LogP contribution in [0.15, 0.2) is 24.3 Å². The summed E-state index contributed by atoms with van der Waals surface area (Å²) in [5, 5.41) is 20.8. The lowest BCUT2D eigenvalue weighted by Crippen LogP contribution is -2.33. The molecule has 0 saturated carbocycles. The zero-order valence-electron chi connectivity index (χ0n) is 9.26. The molecule has 17 heavy (non-hydrogen) atoms. The minimum absolute atomic E-state index is 0.239. The largest absolute Gasteiger partial charge is 0.391 e. The molecular formula is C12H13N3O2. The number of nitrogens with zero attached hydrogens (tertiary/aromatic N) is 2. The van der Waals surface area contributed by atoms with E-state index in [0.717, 1.165) is 0 Å². The Morgan fingerprint density at radius 2 is 2.41 bits per heavy atom. The van der Waals surface area contributed by atoms with Crippen LogP contribution in [0.3, 0.4) is 0 Å². The van der Waals surface area contributed by atoms with E-state index in [0.29, 0.717) is 30.8 Å². The molecule has 0 bridgehead atoms. The Morgan fingerprint density at radius 1 is 1.59 bits per heavy atom. The molecule has 1 unspecified atom stereocenters. The molecular weight excluding hydrogens is 218 g/mol. The van der Waals surface area contributed by atoms with Crippen LogP contribution in [0.4, 0.5) is 10.5 Å². The number of anilines is 1. The van der Waals surface area contributed by atoms with E-state index in [9.17, 15) is 9.90 Å². The lowest BCUT2D eigenvalue weighted by Gasteiger charge is -2.16. The van der Waals surface area contributed by atoms with Crippen molar-refractivity contribution in [1.29, 1.82) is 5.26 Å². The third-order valence-corrected chi connectivity index (χ3v) is 2.69. The van der Waals surface area contributed by atoms with Crippen LogP contribution in [0.2, 0.25) is 0 Å². The number of aliphatic hydroxyl groups excluding tert-OH is 1. The molecule has 5 nitrogen and oxygen atoms in total. The third-order valence-electron chi connectivity index (χ3n) is 2.69. The van der Waals surface area contributed by atoms with Gasteiger partial charge in [-0.3, -0.25) is 0 Å². The van der Waals surface area contributed by atoms with Gasteiger partial charge in [-0.2, -0.15) is 5.26 Å². The predicted octanol–water partition coefficient (Wildman–Crippen LogP) is 1.16. The van der Waals surface area contributed by atoms with Crippen LogP contribution in [0.25, 0.3) is 0 Å². The van der Waals surface area contributed by atoms with Crippen molar-refractivity contribution >= 4 is 11.7 Å². The first-order chi connectivity index (χ1) is 8.19. The topological polar surface area (TPSA) is 76.4 Å². The number of nitriles is 1. The van der Waals surface area contributed by atoms with Crippen LogP contribution in [0, 0.1) is 11.3 Å². The molecule has 0 spiro atoms. The summed E-state index contributed by atoms with van der Waals surface area (Å²) in [5.74, 6) is 0. The number of β-amino-alcohol motifs (C(OH)–C–C–N with tert-alkyl or cyclic N) is 1. The van der Waals surface area contributed by atoms with E-state index in [2.05, 4.69) is 5.32 Å². The van der Waals surface area contributed by atoms with Gasteiger partial charge >= 0.3 is 6.03 Å². The molecule has 0 aromatic heterocycles. The summed E-state index contributed by atoms with van der Waals surface area (Å²) in [6.45, 7) is 0.925. The lowest BCUT2D eigenvalue weighted by molar-refractivity contribution is 0.176. The van der Waals surface area contributed by atoms with Crippen molar-refractivity contribution in [3.05, 3.63) is 29.8 Å². The lowest BCUT2D eigenvalue weighted by atomic mass is 10.2. The molecule has 0 aliphatic carbocycles. The zero-order chi connectivity index (χ0) is 12.3. The first-order valence-electron chi connectivity index (χ1n) is 5.43. The average molecular weight is 231 g/mol. The van der Waals surface area contributed by atoms with Gasteiger partial charge in [-0.1, -0.05) is 6.07 Å². The quantitative estimate of drug-likeness (QED) is 0.761. The number of carbonyl (C=O) groups excluding carboxylic acids is 1. The van der Waals surface area contributed by atoms with Crippen molar-refractivity contribution in [2.75, 3.05) is 18.4 Å². The highest BCUT2D eigenvalue weighted by atomic mass is 16.3. The van der Waals surface area contributed by atoms with Gasteiger partial charge in [-0.25, -0.2) is 4.79 Å². The molecule has 1 aliphatic heterocycles. The molecule has 1 aromatic carbocycles. The molecule has 2 N–H and O–H groups in total. The maximum absolute atomic E-state index is 11.8. The molecule has 88 valence electrons. The van der Waals surface area contributed by atoms with Crippen LogP contribution >= 0.6 is 0 Å². The first-order valence-corrected chi connectivity index (χ1v) is 5.43. The minimum Gasteiger partial charge on any atom is -0.391 e. The molecule has 2 rings (SSSR count). The summed E-state index contributed by atoms with van der Waals surface area (Å²) < 4.78 is 0. The second-order valence-electron chi connectivity index (χ2n) is 4.01. The van der Waals surface area contributed by atoms with Crippen molar-refractivity contribution < 1.29 is 9.90 Å². The summed E-state index contributed by atoms with van der Waals surface area (Å²) in [5.41, 5.74) is 1.10. The van der Waals surface area contributed by atoms with Crippen molar-refractivity contribution in [3.8, 4) is 6.07 Å². The van der Waals surface area contributed by atoms with E-state index in [1.165, 1.54) is 0 Å². The summed E-state index contributed by atoms with van der Waals surface area (Å²) in [7, 11) is 0. The molecule has 2 amide bonds. The fraction of sp³-hybridized carbons (Fsp3) is 0.333. The monoisotopic (exact) mass is 231 g/mol. The van der Waals surface area contributed by atoms with E-state index in [-0.39, 0.29) is 6.03 Å². The Labute approximate surface area is 99.3 Å². The van der Waals surface area contributed by atoms with Crippen molar-refractivity contribution in [2.45, 2.75) is 12.5 Å². The molecule has 1 fully saturated rings. The molecule has 1 aliphatic rings. The third kappa shape index (κ3) is 2.74. The molecule has 5 heteroatoms. The fourth-order valence-electron chi connectivity index (χ4n) is 1.80. The van der Waals surface area contributed by atoms with Gasteiger partial charge in [0.25, 0.3) is 0 Å². The second-order valence-corrected chi connectivity index (χ2v) is 4.01. The highest BCUT2D eigenvalue weighted by molar-refractivity contribution is 5.89. The van der Waals surface area contributed by atoms with Gasteiger partial charge in [0.05, 0.1) is 17.7 Å². The maximum Gasteiger partial charge on any atom is 0.321 e. The van der Waals surface area contributed by atoms with Crippen molar-refractivity contribution in [2.24, 2.45) is 0 Å². The van der Waals surface area contributed by atoms with Crippen LogP contribution in [0.5, 0.6) is 0 Å². The number of aliphatic hydroxyl groups is 1. The summed E-state index contributed by atoms with van der Waals surface area (Å²) in [4.78, 5) is 13.3. The number of hydrogen-bond donors (Lipinski definition) is 2. The fourth-order valence-corrected chi connectivity index (χ4v) is 1.80. The molecule has 1 aromatic rings. The van der Waals surface area contributed by atoms with Crippen LogP contribution in [0.1, 0.15) is 12.0 Å². The Balaban J connectivity index is 2.01. The SMILES string of the molecule is N#Cc1cccc(NC(=O)N2CCC(O)C2)c1. The zero-order valence-corrected chi connectivity index (χ0v) is 9.26. The number of benzene rings is 1.